The van der Waals surface area contributed by atoms with Gasteiger partial charge in [-0.3, -0.25) is 0 Å². The lowest BCUT2D eigenvalue weighted by Gasteiger charge is -2.08. The lowest BCUT2D eigenvalue weighted by atomic mass is 10.1. The van der Waals surface area contributed by atoms with Gasteiger partial charge in [0.2, 0.25) is 0 Å². The van der Waals surface area contributed by atoms with Gasteiger partial charge in [-0.25, -0.2) is 9.59 Å². The summed E-state index contributed by atoms with van der Waals surface area (Å²) in [6, 6.07) is 7.15. The fraction of sp³-hybridized carbons (Fsp3) is 0.429. The molecule has 0 saturated heterocycles. The second kappa shape index (κ2) is 11.7. The maximum Gasteiger partial charge on any atom is 0.352 e. The van der Waals surface area contributed by atoms with E-state index < -0.39 is 11.9 Å². The predicted octanol–water partition coefficient (Wildman–Crippen LogP) is 5.33. The molecule has 0 bridgehead atoms. The molecule has 0 aliphatic carbocycles. The summed E-state index contributed by atoms with van der Waals surface area (Å²) in [6.07, 6.45) is 3.36. The minimum atomic E-state index is -0.533. The maximum absolute atomic E-state index is 12.6. The summed E-state index contributed by atoms with van der Waals surface area (Å²) in [7, 11) is 0. The smallest absolute Gasteiger partial charge is 0.352 e. The van der Waals surface area contributed by atoms with Gasteiger partial charge < -0.3 is 19.9 Å². The Labute approximate surface area is 179 Å². The Balaban J connectivity index is 2.25. The lowest BCUT2D eigenvalue weighted by molar-refractivity contribution is -0.146. The summed E-state index contributed by atoms with van der Waals surface area (Å²) in [6.45, 7) is 4.30. The molecular formula is C21H26ClNO5S. The molecular weight excluding hydrogens is 414 g/mol. The van der Waals surface area contributed by atoms with E-state index in [-0.39, 0.29) is 22.3 Å². The molecule has 0 unspecified atom stereocenters. The quantitative estimate of drug-likeness (QED) is 0.289. The standard InChI is InChI=1S/C21H26ClNO5S/c1-3-5-10-26-16(24)13-28-18-17(22)19(14-8-7-9-15(23)12-14)29-20(18)21(25)27-11-6-4-2/h7-9,12H,3-6,10-11,13,23H2,1-2H3. The van der Waals surface area contributed by atoms with Crippen molar-refractivity contribution in [2.75, 3.05) is 25.6 Å². The summed E-state index contributed by atoms with van der Waals surface area (Å²) in [5.41, 5.74) is 7.19. The molecule has 29 heavy (non-hydrogen) atoms. The number of nitrogen functional groups attached to an aromatic ring is 1. The van der Waals surface area contributed by atoms with Gasteiger partial charge in [-0.15, -0.1) is 11.3 Å². The highest BCUT2D eigenvalue weighted by atomic mass is 35.5. The Morgan fingerprint density at radius 3 is 2.45 bits per heavy atom. The van der Waals surface area contributed by atoms with Gasteiger partial charge in [0.05, 0.1) is 18.1 Å². The van der Waals surface area contributed by atoms with E-state index in [1.165, 1.54) is 0 Å². The summed E-state index contributed by atoms with van der Waals surface area (Å²) >= 11 is 7.66. The fourth-order valence-electron chi connectivity index (χ4n) is 2.40. The molecule has 0 aliphatic rings. The van der Waals surface area contributed by atoms with E-state index in [2.05, 4.69) is 0 Å². The molecule has 0 aliphatic heterocycles. The zero-order valence-corrected chi connectivity index (χ0v) is 18.2. The number of unbranched alkanes of at least 4 members (excludes halogenated alkanes) is 2. The Morgan fingerprint density at radius 1 is 1.10 bits per heavy atom. The molecule has 1 heterocycles. The van der Waals surface area contributed by atoms with Crippen molar-refractivity contribution in [3.8, 4) is 16.2 Å². The largest absolute Gasteiger partial charge is 0.479 e. The first-order valence-corrected chi connectivity index (χ1v) is 10.8. The highest BCUT2D eigenvalue weighted by molar-refractivity contribution is 7.18. The van der Waals surface area contributed by atoms with Crippen LogP contribution in [0, 0.1) is 0 Å². The Bertz CT molecular complexity index is 836. The molecule has 0 radical (unpaired) electrons. The van der Waals surface area contributed by atoms with Crippen molar-refractivity contribution in [3.05, 3.63) is 34.2 Å². The Kier molecular flexibility index (Phi) is 9.28. The van der Waals surface area contributed by atoms with E-state index in [1.54, 1.807) is 18.2 Å². The van der Waals surface area contributed by atoms with Crippen molar-refractivity contribution in [2.45, 2.75) is 39.5 Å². The summed E-state index contributed by atoms with van der Waals surface area (Å²) in [4.78, 5) is 25.3. The number of benzene rings is 1. The molecule has 8 heteroatoms. The van der Waals surface area contributed by atoms with Crippen molar-refractivity contribution < 1.29 is 23.8 Å². The summed E-state index contributed by atoms with van der Waals surface area (Å²) in [5, 5.41) is 0.240. The summed E-state index contributed by atoms with van der Waals surface area (Å²) in [5.74, 6) is -0.922. The number of thiophene rings is 1. The van der Waals surface area contributed by atoms with Crippen LogP contribution in [0.25, 0.3) is 10.4 Å². The molecule has 158 valence electrons. The molecule has 6 nitrogen and oxygen atoms in total. The molecule has 0 fully saturated rings. The van der Waals surface area contributed by atoms with Gasteiger partial charge in [0.25, 0.3) is 0 Å². The molecule has 0 saturated carbocycles. The van der Waals surface area contributed by atoms with Crippen LogP contribution in [-0.4, -0.2) is 31.8 Å². The lowest BCUT2D eigenvalue weighted by Crippen LogP contribution is -2.16. The van der Waals surface area contributed by atoms with E-state index in [1.807, 2.05) is 19.9 Å². The van der Waals surface area contributed by atoms with Gasteiger partial charge in [0.1, 0.15) is 5.02 Å². The van der Waals surface area contributed by atoms with Gasteiger partial charge >= 0.3 is 11.9 Å². The van der Waals surface area contributed by atoms with Crippen molar-refractivity contribution in [3.63, 3.8) is 0 Å². The molecule has 0 spiro atoms. The van der Waals surface area contributed by atoms with E-state index in [0.717, 1.165) is 42.6 Å². The third-order valence-corrected chi connectivity index (χ3v) is 5.64. The van der Waals surface area contributed by atoms with Crippen LogP contribution in [0.4, 0.5) is 5.69 Å². The number of nitrogens with two attached hydrogens (primary N) is 1. The minimum Gasteiger partial charge on any atom is -0.479 e. The van der Waals surface area contributed by atoms with Gasteiger partial charge in [0, 0.05) is 5.69 Å². The maximum atomic E-state index is 12.6. The average molecular weight is 440 g/mol. The monoisotopic (exact) mass is 439 g/mol. The number of esters is 2. The normalized spacial score (nSPS) is 10.6. The van der Waals surface area contributed by atoms with Crippen molar-refractivity contribution in [1.82, 2.24) is 0 Å². The topological polar surface area (TPSA) is 87.8 Å². The van der Waals surface area contributed by atoms with E-state index >= 15 is 0 Å². The Morgan fingerprint density at radius 2 is 1.79 bits per heavy atom. The number of anilines is 1. The highest BCUT2D eigenvalue weighted by Gasteiger charge is 2.26. The van der Waals surface area contributed by atoms with Crippen LogP contribution in [0.1, 0.15) is 49.2 Å². The van der Waals surface area contributed by atoms with E-state index in [4.69, 9.17) is 31.5 Å². The van der Waals surface area contributed by atoms with Gasteiger partial charge in [0.15, 0.2) is 17.2 Å². The second-order valence-corrected chi connectivity index (χ2v) is 7.78. The third-order valence-electron chi connectivity index (χ3n) is 3.97. The second-order valence-electron chi connectivity index (χ2n) is 6.38. The van der Waals surface area contributed by atoms with Crippen molar-refractivity contribution in [2.24, 2.45) is 0 Å². The van der Waals surface area contributed by atoms with Crippen LogP contribution in [0.2, 0.25) is 5.02 Å². The SMILES string of the molecule is CCCCOC(=O)COc1c(C(=O)OCCCC)sc(-c2cccc(N)c2)c1Cl. The van der Waals surface area contributed by atoms with Crippen LogP contribution in [0.3, 0.4) is 0 Å². The van der Waals surface area contributed by atoms with Gasteiger partial charge in [-0.05, 0) is 30.5 Å². The van der Waals surface area contributed by atoms with Gasteiger partial charge in [-0.1, -0.05) is 50.4 Å². The fourth-order valence-corrected chi connectivity index (χ4v) is 3.86. The molecule has 2 rings (SSSR count). The van der Waals surface area contributed by atoms with Crippen LogP contribution < -0.4 is 10.5 Å². The molecule has 1 aromatic carbocycles. The van der Waals surface area contributed by atoms with Crippen LogP contribution in [0.5, 0.6) is 5.75 Å². The number of halogens is 1. The number of carbonyl (C=O) groups excluding carboxylic acids is 2. The number of rotatable bonds is 11. The van der Waals surface area contributed by atoms with Crippen LogP contribution in [0.15, 0.2) is 24.3 Å². The summed E-state index contributed by atoms with van der Waals surface area (Å²) < 4.78 is 16.0. The first-order chi connectivity index (χ1) is 14.0. The zero-order chi connectivity index (χ0) is 21.2. The van der Waals surface area contributed by atoms with E-state index in [9.17, 15) is 9.59 Å². The average Bonchev–Trinajstić information content (AvgIpc) is 3.03. The predicted molar refractivity (Wildman–Crippen MR) is 116 cm³/mol. The first kappa shape index (κ1) is 23.0. The Hall–Kier alpha value is -2.25. The number of hydrogen-bond donors (Lipinski definition) is 1. The van der Waals surface area contributed by atoms with Crippen molar-refractivity contribution in [1.29, 1.82) is 0 Å². The van der Waals surface area contributed by atoms with E-state index in [0.29, 0.717) is 23.8 Å². The number of carbonyl (C=O) groups is 2. The molecule has 0 amide bonds. The minimum absolute atomic E-state index is 0.128. The highest BCUT2D eigenvalue weighted by Crippen LogP contribution is 2.46. The number of hydrogen-bond acceptors (Lipinski definition) is 7. The first-order valence-electron chi connectivity index (χ1n) is 9.61. The molecule has 1 aromatic heterocycles. The van der Waals surface area contributed by atoms with Crippen molar-refractivity contribution >= 4 is 40.6 Å². The van der Waals surface area contributed by atoms with Gasteiger partial charge in [-0.2, -0.15) is 0 Å². The van der Waals surface area contributed by atoms with Crippen LogP contribution in [-0.2, 0) is 14.3 Å². The molecule has 2 aromatic rings. The molecule has 2 N–H and O–H groups in total. The zero-order valence-electron chi connectivity index (χ0n) is 16.7. The molecule has 0 atom stereocenters. The van der Waals surface area contributed by atoms with Crippen LogP contribution >= 0.6 is 22.9 Å². The third kappa shape index (κ3) is 6.65. The number of ether oxygens (including phenoxy) is 3.